The SMILES string of the molecule is Cc1cc(C(C)C)c2ccc(/C=C\C(C)c3ccc(-c4cccc(-c5nc(-c6ccccc6)nc(-c6ccc(C7C=CC=CC7)cc6)n5)c4)cc3)c(N)c2n1. The zero-order chi connectivity index (χ0) is 37.9. The summed E-state index contributed by atoms with van der Waals surface area (Å²) in [5.41, 5.74) is 19.2. The maximum atomic E-state index is 6.70. The highest BCUT2D eigenvalue weighted by atomic mass is 15.0. The zero-order valence-corrected chi connectivity index (χ0v) is 31.8. The van der Waals surface area contributed by atoms with Gasteiger partial charge in [-0.25, -0.2) is 15.0 Å². The van der Waals surface area contributed by atoms with Crippen molar-refractivity contribution >= 4 is 22.7 Å². The molecule has 5 heteroatoms. The van der Waals surface area contributed by atoms with E-state index in [2.05, 4.69) is 148 Å². The van der Waals surface area contributed by atoms with Gasteiger partial charge in [0, 0.05) is 33.7 Å². The Balaban J connectivity index is 1.05. The number of hydrogen-bond acceptors (Lipinski definition) is 5. The summed E-state index contributed by atoms with van der Waals surface area (Å²) in [4.78, 5) is 19.8. The number of fused-ring (bicyclic) bond motifs is 1. The highest BCUT2D eigenvalue weighted by Crippen LogP contribution is 2.33. The molecular formula is C50H45N5. The van der Waals surface area contributed by atoms with Gasteiger partial charge < -0.3 is 5.73 Å². The summed E-state index contributed by atoms with van der Waals surface area (Å²) < 4.78 is 0. The summed E-state index contributed by atoms with van der Waals surface area (Å²) in [6.45, 7) is 8.67. The molecule has 2 N–H and O–H groups in total. The summed E-state index contributed by atoms with van der Waals surface area (Å²) in [5, 5.41) is 1.13. The van der Waals surface area contributed by atoms with Gasteiger partial charge in [0.25, 0.3) is 0 Å². The Morgan fingerprint density at radius 3 is 1.98 bits per heavy atom. The Morgan fingerprint density at radius 2 is 1.29 bits per heavy atom. The number of nitrogen functional groups attached to an aromatic ring is 1. The van der Waals surface area contributed by atoms with Crippen molar-refractivity contribution in [1.82, 2.24) is 19.9 Å². The summed E-state index contributed by atoms with van der Waals surface area (Å²) >= 11 is 0. The number of allylic oxidation sites excluding steroid dienone is 5. The van der Waals surface area contributed by atoms with Crippen molar-refractivity contribution in [1.29, 1.82) is 0 Å². The standard InChI is InChI=1S/C50H45N5/c1-32(2)45-30-34(4)52-47-44(45)29-28-39(46(47)51)19-18-33(3)35-20-22-38(23-21-35)42-16-11-17-43(31-42)50-54-48(40-14-9-6-10-15-40)53-49(55-50)41-26-24-37(25-27-41)36-12-7-5-8-13-36/h5-12,14-33,36H,13,51H2,1-4H3/b19-18-. The molecule has 2 aromatic heterocycles. The fraction of sp³-hybridized carbons (Fsp3) is 0.160. The van der Waals surface area contributed by atoms with Crippen molar-refractivity contribution in [3.63, 3.8) is 0 Å². The van der Waals surface area contributed by atoms with Crippen molar-refractivity contribution in [2.75, 3.05) is 5.73 Å². The first-order valence-electron chi connectivity index (χ1n) is 19.1. The van der Waals surface area contributed by atoms with Crippen LogP contribution in [-0.2, 0) is 0 Å². The average molecular weight is 716 g/mol. The highest BCUT2D eigenvalue weighted by molar-refractivity contribution is 5.96. The quantitative estimate of drug-likeness (QED) is 0.151. The van der Waals surface area contributed by atoms with Crippen LogP contribution < -0.4 is 5.73 Å². The second kappa shape index (κ2) is 15.5. The Kier molecular flexibility index (Phi) is 10.0. The number of nitrogens with zero attached hydrogens (tertiary/aromatic N) is 4. The van der Waals surface area contributed by atoms with Gasteiger partial charge in [-0.05, 0) is 70.7 Å². The van der Waals surface area contributed by atoms with Crippen LogP contribution in [0.4, 0.5) is 5.69 Å². The monoisotopic (exact) mass is 715 g/mol. The van der Waals surface area contributed by atoms with Gasteiger partial charge in [-0.2, -0.15) is 0 Å². The Labute approximate surface area is 324 Å². The third-order valence-corrected chi connectivity index (χ3v) is 10.5. The molecule has 5 nitrogen and oxygen atoms in total. The van der Waals surface area contributed by atoms with E-state index in [0.717, 1.165) is 62.1 Å². The molecule has 0 spiro atoms. The lowest BCUT2D eigenvalue weighted by atomic mass is 9.92. The molecule has 2 unspecified atom stereocenters. The third kappa shape index (κ3) is 7.65. The molecule has 0 saturated carbocycles. The molecule has 2 heterocycles. The molecule has 0 fully saturated rings. The molecule has 8 rings (SSSR count). The van der Waals surface area contributed by atoms with E-state index >= 15 is 0 Å². The van der Waals surface area contributed by atoms with Crippen molar-refractivity contribution in [2.45, 2.75) is 51.9 Å². The molecule has 0 radical (unpaired) electrons. The van der Waals surface area contributed by atoms with Crippen molar-refractivity contribution in [3.05, 3.63) is 180 Å². The van der Waals surface area contributed by atoms with Crippen LogP contribution in [0.3, 0.4) is 0 Å². The third-order valence-electron chi connectivity index (χ3n) is 10.5. The highest BCUT2D eigenvalue weighted by Gasteiger charge is 2.16. The first kappa shape index (κ1) is 35.6. The van der Waals surface area contributed by atoms with Gasteiger partial charge in [0.05, 0.1) is 11.2 Å². The average Bonchev–Trinajstić information content (AvgIpc) is 3.24. The van der Waals surface area contributed by atoms with Gasteiger partial charge in [0.15, 0.2) is 17.5 Å². The number of hydrogen-bond donors (Lipinski definition) is 1. The molecule has 0 saturated heterocycles. The summed E-state index contributed by atoms with van der Waals surface area (Å²) in [6, 6.07) is 42.4. The lowest BCUT2D eigenvalue weighted by Crippen LogP contribution is -2.01. The van der Waals surface area contributed by atoms with Gasteiger partial charge >= 0.3 is 0 Å². The fourth-order valence-corrected chi connectivity index (χ4v) is 7.35. The van der Waals surface area contributed by atoms with Crippen LogP contribution in [0.1, 0.15) is 72.9 Å². The molecule has 0 bridgehead atoms. The van der Waals surface area contributed by atoms with Crippen LogP contribution in [0.25, 0.3) is 62.3 Å². The maximum Gasteiger partial charge on any atom is 0.164 e. The van der Waals surface area contributed by atoms with Crippen LogP contribution >= 0.6 is 0 Å². The molecule has 0 amide bonds. The van der Waals surface area contributed by atoms with Crippen LogP contribution in [-0.4, -0.2) is 19.9 Å². The van der Waals surface area contributed by atoms with E-state index in [-0.39, 0.29) is 5.92 Å². The maximum absolute atomic E-state index is 6.70. The minimum Gasteiger partial charge on any atom is -0.396 e. The summed E-state index contributed by atoms with van der Waals surface area (Å²) in [5.74, 6) is 2.93. The minimum absolute atomic E-state index is 0.192. The van der Waals surface area contributed by atoms with E-state index in [1.54, 1.807) is 0 Å². The number of aryl methyl sites for hydroxylation is 1. The van der Waals surface area contributed by atoms with E-state index in [1.165, 1.54) is 16.7 Å². The normalized spacial score (nSPS) is 14.6. The second-order valence-corrected chi connectivity index (χ2v) is 14.8. The minimum atomic E-state index is 0.192. The van der Waals surface area contributed by atoms with E-state index in [0.29, 0.717) is 29.3 Å². The first-order chi connectivity index (χ1) is 26.8. The van der Waals surface area contributed by atoms with E-state index in [4.69, 9.17) is 25.7 Å². The van der Waals surface area contributed by atoms with E-state index < -0.39 is 0 Å². The van der Waals surface area contributed by atoms with Gasteiger partial charge in [-0.1, -0.05) is 166 Å². The number of aromatic nitrogens is 4. The molecule has 1 aliphatic rings. The molecular weight excluding hydrogens is 671 g/mol. The van der Waals surface area contributed by atoms with E-state index in [9.17, 15) is 0 Å². The van der Waals surface area contributed by atoms with Gasteiger partial charge in [-0.3, -0.25) is 4.98 Å². The lowest BCUT2D eigenvalue weighted by Gasteiger charge is -2.14. The van der Waals surface area contributed by atoms with Crippen LogP contribution in [0.15, 0.2) is 152 Å². The Hall–Kier alpha value is -6.46. The number of rotatable bonds is 9. The van der Waals surface area contributed by atoms with Crippen molar-refractivity contribution in [3.8, 4) is 45.3 Å². The zero-order valence-electron chi connectivity index (χ0n) is 31.8. The largest absolute Gasteiger partial charge is 0.396 e. The predicted octanol–water partition coefficient (Wildman–Crippen LogP) is 12.5. The van der Waals surface area contributed by atoms with Crippen LogP contribution in [0.5, 0.6) is 0 Å². The summed E-state index contributed by atoms with van der Waals surface area (Å²) in [6.07, 6.45) is 14.1. The molecule has 270 valence electrons. The second-order valence-electron chi connectivity index (χ2n) is 14.8. The van der Waals surface area contributed by atoms with Gasteiger partial charge in [-0.15, -0.1) is 0 Å². The molecule has 1 aliphatic carbocycles. The number of benzene rings is 5. The fourth-order valence-electron chi connectivity index (χ4n) is 7.35. The number of anilines is 1. The molecule has 2 atom stereocenters. The topological polar surface area (TPSA) is 77.6 Å². The van der Waals surface area contributed by atoms with Crippen molar-refractivity contribution < 1.29 is 0 Å². The van der Waals surface area contributed by atoms with Crippen LogP contribution in [0, 0.1) is 6.92 Å². The summed E-state index contributed by atoms with van der Waals surface area (Å²) in [7, 11) is 0. The Morgan fingerprint density at radius 1 is 0.636 bits per heavy atom. The number of pyridine rings is 1. The number of nitrogens with two attached hydrogens (primary N) is 1. The van der Waals surface area contributed by atoms with Gasteiger partial charge in [0.1, 0.15) is 0 Å². The van der Waals surface area contributed by atoms with Crippen molar-refractivity contribution in [2.24, 2.45) is 0 Å². The smallest absolute Gasteiger partial charge is 0.164 e. The first-order valence-corrected chi connectivity index (χ1v) is 19.1. The predicted molar refractivity (Wildman–Crippen MR) is 230 cm³/mol. The van der Waals surface area contributed by atoms with E-state index in [1.807, 2.05) is 37.3 Å². The Bertz CT molecular complexity index is 2560. The lowest BCUT2D eigenvalue weighted by molar-refractivity contribution is 0.854. The molecule has 7 aromatic rings. The molecule has 0 aliphatic heterocycles. The van der Waals surface area contributed by atoms with Gasteiger partial charge in [0.2, 0.25) is 0 Å². The van der Waals surface area contributed by atoms with Crippen LogP contribution in [0.2, 0.25) is 0 Å². The molecule has 5 aromatic carbocycles. The molecule has 55 heavy (non-hydrogen) atoms.